The maximum atomic E-state index is 13.7. The summed E-state index contributed by atoms with van der Waals surface area (Å²) in [6.45, 7) is 7.63. The molecule has 0 spiro atoms. The van der Waals surface area contributed by atoms with Gasteiger partial charge in [0.1, 0.15) is 5.66 Å². The van der Waals surface area contributed by atoms with Crippen LogP contribution in [-0.4, -0.2) is 52.5 Å². The maximum Gasteiger partial charge on any atom is 0.231 e. The molecule has 0 saturated carbocycles. The summed E-state index contributed by atoms with van der Waals surface area (Å²) in [4.78, 5) is 18.5. The Balaban J connectivity index is 1.64. The second-order valence-corrected chi connectivity index (χ2v) is 9.21. The van der Waals surface area contributed by atoms with Crippen LogP contribution in [0.15, 0.2) is 18.2 Å². The summed E-state index contributed by atoms with van der Waals surface area (Å²) >= 11 is 2.01. The van der Waals surface area contributed by atoms with Gasteiger partial charge in [0.25, 0.3) is 0 Å². The van der Waals surface area contributed by atoms with Crippen LogP contribution in [0.2, 0.25) is 0 Å². The monoisotopic (exact) mass is 358 g/mol. The van der Waals surface area contributed by atoms with E-state index in [1.54, 1.807) is 0 Å². The normalized spacial score (nSPS) is 30.3. The highest BCUT2D eigenvalue weighted by atomic mass is 32.2. The second kappa shape index (κ2) is 6.96. The standard InChI is InChI=1S/C21H30N2OS/c1-16-8-9-17-6-5-7-18(19(17)14-16)20(24)23-12-13-25-15-21(23,2)22-10-3-4-11-22/h8-9,14,18H,3-7,10-13,15H2,1-2H3. The molecule has 2 unspecified atom stereocenters. The number of likely N-dealkylation sites (tertiary alicyclic amines) is 1. The highest BCUT2D eigenvalue weighted by Crippen LogP contribution is 2.39. The zero-order valence-corrected chi connectivity index (χ0v) is 16.4. The number of aryl methyl sites for hydroxylation is 2. The van der Waals surface area contributed by atoms with Crippen LogP contribution in [0.1, 0.15) is 55.2 Å². The van der Waals surface area contributed by atoms with Gasteiger partial charge in [-0.2, -0.15) is 11.8 Å². The van der Waals surface area contributed by atoms with Crippen LogP contribution in [0.25, 0.3) is 0 Å². The van der Waals surface area contributed by atoms with E-state index in [1.165, 1.54) is 29.5 Å². The first-order valence-electron chi connectivity index (χ1n) is 9.83. The third-order valence-electron chi connectivity index (χ3n) is 6.38. The van der Waals surface area contributed by atoms with Crippen LogP contribution in [-0.2, 0) is 11.2 Å². The Morgan fingerprint density at radius 3 is 2.80 bits per heavy atom. The fraction of sp³-hybridized carbons (Fsp3) is 0.667. The van der Waals surface area contributed by atoms with E-state index >= 15 is 0 Å². The van der Waals surface area contributed by atoms with Crippen molar-refractivity contribution in [3.63, 3.8) is 0 Å². The molecule has 0 bridgehead atoms. The number of carbonyl (C=O) groups is 1. The topological polar surface area (TPSA) is 23.6 Å². The molecule has 3 aliphatic rings. The maximum absolute atomic E-state index is 13.7. The van der Waals surface area contributed by atoms with E-state index in [0.29, 0.717) is 5.91 Å². The van der Waals surface area contributed by atoms with Crippen molar-refractivity contribution in [1.29, 1.82) is 0 Å². The van der Waals surface area contributed by atoms with Crippen molar-refractivity contribution in [2.24, 2.45) is 0 Å². The van der Waals surface area contributed by atoms with Crippen LogP contribution in [0, 0.1) is 6.92 Å². The number of nitrogens with zero attached hydrogens (tertiary/aromatic N) is 2. The van der Waals surface area contributed by atoms with Gasteiger partial charge in [-0.15, -0.1) is 0 Å². The number of amides is 1. The first-order chi connectivity index (χ1) is 12.1. The second-order valence-electron chi connectivity index (χ2n) is 8.10. The van der Waals surface area contributed by atoms with Gasteiger partial charge < -0.3 is 4.90 Å². The molecule has 0 radical (unpaired) electrons. The predicted molar refractivity (Wildman–Crippen MR) is 105 cm³/mol. The molecule has 25 heavy (non-hydrogen) atoms. The molecule has 1 aromatic carbocycles. The van der Waals surface area contributed by atoms with Gasteiger partial charge in [-0.05, 0) is 57.1 Å². The van der Waals surface area contributed by atoms with Gasteiger partial charge in [-0.1, -0.05) is 23.8 Å². The van der Waals surface area contributed by atoms with Gasteiger partial charge >= 0.3 is 0 Å². The van der Waals surface area contributed by atoms with Crippen molar-refractivity contribution in [1.82, 2.24) is 9.80 Å². The lowest BCUT2D eigenvalue weighted by molar-refractivity contribution is -0.145. The van der Waals surface area contributed by atoms with E-state index in [9.17, 15) is 4.79 Å². The molecule has 2 atom stereocenters. The number of fused-ring (bicyclic) bond motifs is 1. The molecular formula is C21H30N2OS. The van der Waals surface area contributed by atoms with E-state index in [2.05, 4.69) is 41.8 Å². The van der Waals surface area contributed by atoms with E-state index in [1.807, 2.05) is 11.8 Å². The lowest BCUT2D eigenvalue weighted by Gasteiger charge is -2.51. The van der Waals surface area contributed by atoms with Crippen molar-refractivity contribution in [3.05, 3.63) is 34.9 Å². The third kappa shape index (κ3) is 3.12. The lowest BCUT2D eigenvalue weighted by Crippen LogP contribution is -2.64. The summed E-state index contributed by atoms with van der Waals surface area (Å²) in [5.74, 6) is 2.56. The molecule has 4 rings (SSSR count). The molecule has 1 aromatic rings. The van der Waals surface area contributed by atoms with Gasteiger partial charge in [0, 0.05) is 31.1 Å². The third-order valence-corrected chi connectivity index (χ3v) is 7.61. The molecule has 3 nitrogen and oxygen atoms in total. The minimum atomic E-state index is -0.0993. The first kappa shape index (κ1) is 17.4. The van der Waals surface area contributed by atoms with Crippen molar-refractivity contribution in [3.8, 4) is 0 Å². The number of hydrogen-bond acceptors (Lipinski definition) is 3. The Bertz CT molecular complexity index is 655. The number of carbonyl (C=O) groups excluding carboxylic acids is 1. The van der Waals surface area contributed by atoms with Crippen LogP contribution in [0.5, 0.6) is 0 Å². The average Bonchev–Trinajstić information content (AvgIpc) is 3.16. The number of rotatable bonds is 2. The highest BCUT2D eigenvalue weighted by Gasteiger charge is 2.45. The predicted octanol–water partition coefficient (Wildman–Crippen LogP) is 3.80. The summed E-state index contributed by atoms with van der Waals surface area (Å²) < 4.78 is 0. The smallest absolute Gasteiger partial charge is 0.231 e. The van der Waals surface area contributed by atoms with Gasteiger partial charge in [-0.3, -0.25) is 9.69 Å². The largest absolute Gasteiger partial charge is 0.322 e. The molecule has 1 aliphatic carbocycles. The van der Waals surface area contributed by atoms with Gasteiger partial charge in [-0.25, -0.2) is 0 Å². The Morgan fingerprint density at radius 1 is 1.20 bits per heavy atom. The SMILES string of the molecule is Cc1ccc2c(c1)C(C(=O)N1CCSCC1(C)N1CCCC1)CCC2. The molecule has 2 saturated heterocycles. The highest BCUT2D eigenvalue weighted by molar-refractivity contribution is 7.99. The minimum absolute atomic E-state index is 0.0636. The molecule has 2 fully saturated rings. The fourth-order valence-corrected chi connectivity index (χ4v) is 6.09. The molecule has 2 heterocycles. The molecule has 2 aliphatic heterocycles. The Morgan fingerprint density at radius 2 is 2.00 bits per heavy atom. The lowest BCUT2D eigenvalue weighted by atomic mass is 9.81. The summed E-state index contributed by atoms with van der Waals surface area (Å²) in [6, 6.07) is 6.70. The zero-order valence-electron chi connectivity index (χ0n) is 15.6. The summed E-state index contributed by atoms with van der Waals surface area (Å²) in [5.41, 5.74) is 3.87. The van der Waals surface area contributed by atoms with Gasteiger partial charge in [0.05, 0.1) is 5.92 Å². The van der Waals surface area contributed by atoms with E-state index in [-0.39, 0.29) is 11.6 Å². The summed E-state index contributed by atoms with van der Waals surface area (Å²) in [6.07, 6.45) is 5.81. The van der Waals surface area contributed by atoms with Crippen LogP contribution in [0.3, 0.4) is 0 Å². The molecule has 4 heteroatoms. The summed E-state index contributed by atoms with van der Waals surface area (Å²) in [5, 5.41) is 0. The molecular weight excluding hydrogens is 328 g/mol. The molecule has 1 amide bonds. The van der Waals surface area contributed by atoms with E-state index in [4.69, 9.17) is 0 Å². The average molecular weight is 359 g/mol. The van der Waals surface area contributed by atoms with E-state index < -0.39 is 0 Å². The van der Waals surface area contributed by atoms with Crippen LogP contribution in [0.4, 0.5) is 0 Å². The number of hydrogen-bond donors (Lipinski definition) is 0. The fourth-order valence-electron chi connectivity index (χ4n) is 4.91. The van der Waals surface area contributed by atoms with Crippen LogP contribution < -0.4 is 0 Å². The molecule has 0 aromatic heterocycles. The van der Waals surface area contributed by atoms with Crippen molar-refractivity contribution in [2.45, 2.75) is 57.5 Å². The number of thioether (sulfide) groups is 1. The van der Waals surface area contributed by atoms with Crippen LogP contribution >= 0.6 is 11.8 Å². The summed E-state index contributed by atoms with van der Waals surface area (Å²) in [7, 11) is 0. The first-order valence-corrected chi connectivity index (χ1v) is 11.0. The zero-order chi connectivity index (χ0) is 17.4. The quantitative estimate of drug-likeness (QED) is 0.803. The number of benzene rings is 1. The van der Waals surface area contributed by atoms with Gasteiger partial charge in [0.2, 0.25) is 5.91 Å². The van der Waals surface area contributed by atoms with Crippen molar-refractivity contribution < 1.29 is 4.79 Å². The Labute approximate surface area is 156 Å². The Kier molecular flexibility index (Phi) is 4.85. The van der Waals surface area contributed by atoms with Gasteiger partial charge in [0.15, 0.2) is 0 Å². The molecule has 136 valence electrons. The van der Waals surface area contributed by atoms with Crippen molar-refractivity contribution >= 4 is 17.7 Å². The minimum Gasteiger partial charge on any atom is -0.322 e. The Hall–Kier alpha value is -1.00. The van der Waals surface area contributed by atoms with E-state index in [0.717, 1.165) is 50.4 Å². The van der Waals surface area contributed by atoms with Crippen molar-refractivity contribution in [2.75, 3.05) is 31.1 Å². The molecule has 0 N–H and O–H groups in total.